The molecule has 4 nitrogen and oxygen atoms in total. The second-order valence-electron chi connectivity index (χ2n) is 4.68. The van der Waals surface area contributed by atoms with Gasteiger partial charge in [0, 0.05) is 19.1 Å². The molecule has 1 atom stereocenters. The second-order valence-corrected chi connectivity index (χ2v) is 4.68. The van der Waals surface area contributed by atoms with Crippen molar-refractivity contribution in [3.63, 3.8) is 0 Å². The first-order chi connectivity index (χ1) is 8.83. The SMILES string of the molecule is CCN(CC1CCCCN1)c1cccc(C#N)n1. The van der Waals surface area contributed by atoms with E-state index in [1.54, 1.807) is 6.07 Å². The van der Waals surface area contributed by atoms with Crippen LogP contribution in [0.4, 0.5) is 5.82 Å². The molecule has 1 aliphatic heterocycles. The summed E-state index contributed by atoms with van der Waals surface area (Å²) in [6.45, 7) is 5.13. The summed E-state index contributed by atoms with van der Waals surface area (Å²) in [4.78, 5) is 6.60. The fourth-order valence-corrected chi connectivity index (χ4v) is 2.39. The number of nitrogens with one attached hydrogen (secondary N) is 1. The van der Waals surface area contributed by atoms with E-state index in [0.717, 1.165) is 25.5 Å². The molecule has 0 saturated carbocycles. The zero-order valence-corrected chi connectivity index (χ0v) is 10.9. The Kier molecular flexibility index (Phi) is 4.54. The van der Waals surface area contributed by atoms with E-state index in [1.165, 1.54) is 19.3 Å². The highest BCUT2D eigenvalue weighted by Crippen LogP contribution is 2.14. The lowest BCUT2D eigenvalue weighted by atomic mass is 10.0. The van der Waals surface area contributed by atoms with Gasteiger partial charge in [0.05, 0.1) is 0 Å². The van der Waals surface area contributed by atoms with Gasteiger partial charge in [0.25, 0.3) is 0 Å². The highest BCUT2D eigenvalue weighted by atomic mass is 15.2. The van der Waals surface area contributed by atoms with Crippen molar-refractivity contribution in [3.8, 4) is 6.07 Å². The lowest BCUT2D eigenvalue weighted by Gasteiger charge is -2.30. The zero-order chi connectivity index (χ0) is 12.8. The molecule has 1 aliphatic rings. The highest BCUT2D eigenvalue weighted by molar-refractivity contribution is 5.41. The second kappa shape index (κ2) is 6.36. The average Bonchev–Trinajstić information content (AvgIpc) is 2.46. The van der Waals surface area contributed by atoms with Crippen molar-refractivity contribution >= 4 is 5.82 Å². The first-order valence-corrected chi connectivity index (χ1v) is 6.69. The van der Waals surface area contributed by atoms with Crippen LogP contribution in [0.25, 0.3) is 0 Å². The molecule has 96 valence electrons. The average molecular weight is 244 g/mol. The number of pyridine rings is 1. The fraction of sp³-hybridized carbons (Fsp3) is 0.571. The number of anilines is 1. The van der Waals surface area contributed by atoms with Crippen LogP contribution in [0.15, 0.2) is 18.2 Å². The Labute approximate surface area is 109 Å². The Morgan fingerprint density at radius 2 is 2.39 bits per heavy atom. The topological polar surface area (TPSA) is 52.0 Å². The molecule has 1 aromatic rings. The number of nitriles is 1. The molecule has 0 aliphatic carbocycles. The van der Waals surface area contributed by atoms with Crippen LogP contribution >= 0.6 is 0 Å². The van der Waals surface area contributed by atoms with Crippen LogP contribution in [-0.4, -0.2) is 30.7 Å². The van der Waals surface area contributed by atoms with Crippen LogP contribution in [0.1, 0.15) is 31.9 Å². The van der Waals surface area contributed by atoms with Crippen LogP contribution < -0.4 is 10.2 Å². The molecule has 1 N–H and O–H groups in total. The molecule has 2 heterocycles. The van der Waals surface area contributed by atoms with Gasteiger partial charge >= 0.3 is 0 Å². The Morgan fingerprint density at radius 1 is 1.50 bits per heavy atom. The van der Waals surface area contributed by atoms with E-state index in [4.69, 9.17) is 5.26 Å². The summed E-state index contributed by atoms with van der Waals surface area (Å²) < 4.78 is 0. The van der Waals surface area contributed by atoms with E-state index in [-0.39, 0.29) is 0 Å². The van der Waals surface area contributed by atoms with Gasteiger partial charge in [-0.05, 0) is 38.4 Å². The number of rotatable bonds is 4. The third-order valence-electron chi connectivity index (χ3n) is 3.41. The fourth-order valence-electron chi connectivity index (χ4n) is 2.39. The largest absolute Gasteiger partial charge is 0.355 e. The molecular formula is C14H20N4. The number of piperidine rings is 1. The quantitative estimate of drug-likeness (QED) is 0.879. The molecule has 0 bridgehead atoms. The van der Waals surface area contributed by atoms with Crippen LogP contribution in [0.5, 0.6) is 0 Å². The number of likely N-dealkylation sites (N-methyl/N-ethyl adjacent to an activating group) is 1. The summed E-state index contributed by atoms with van der Waals surface area (Å²) >= 11 is 0. The van der Waals surface area contributed by atoms with Gasteiger partial charge in [-0.25, -0.2) is 4.98 Å². The molecule has 1 fully saturated rings. The minimum atomic E-state index is 0.488. The standard InChI is InChI=1S/C14H20N4/c1-2-18(11-13-6-3-4-9-16-13)14-8-5-7-12(10-15)17-14/h5,7-8,13,16H,2-4,6,9,11H2,1H3. The van der Waals surface area contributed by atoms with Gasteiger partial charge in [0.1, 0.15) is 17.6 Å². The van der Waals surface area contributed by atoms with Gasteiger partial charge < -0.3 is 10.2 Å². The number of aromatic nitrogens is 1. The van der Waals surface area contributed by atoms with Crippen molar-refractivity contribution in [2.75, 3.05) is 24.5 Å². The predicted molar refractivity (Wildman–Crippen MR) is 72.5 cm³/mol. The minimum Gasteiger partial charge on any atom is -0.355 e. The molecule has 0 radical (unpaired) electrons. The Morgan fingerprint density at radius 3 is 3.06 bits per heavy atom. The van der Waals surface area contributed by atoms with E-state index in [1.807, 2.05) is 12.1 Å². The molecule has 1 unspecified atom stereocenters. The first kappa shape index (κ1) is 12.8. The Balaban J connectivity index is 2.05. The van der Waals surface area contributed by atoms with Crippen LogP contribution in [0.2, 0.25) is 0 Å². The number of hydrogen-bond donors (Lipinski definition) is 1. The van der Waals surface area contributed by atoms with E-state index in [2.05, 4.69) is 28.2 Å². The maximum atomic E-state index is 8.89. The van der Waals surface area contributed by atoms with Crippen LogP contribution in [0.3, 0.4) is 0 Å². The summed E-state index contributed by atoms with van der Waals surface area (Å²) in [5.74, 6) is 0.906. The van der Waals surface area contributed by atoms with Gasteiger partial charge in [0.2, 0.25) is 0 Å². The maximum Gasteiger partial charge on any atom is 0.142 e. The zero-order valence-electron chi connectivity index (χ0n) is 10.9. The monoisotopic (exact) mass is 244 g/mol. The molecular weight excluding hydrogens is 224 g/mol. The maximum absolute atomic E-state index is 8.89. The van der Waals surface area contributed by atoms with Gasteiger partial charge in [-0.15, -0.1) is 0 Å². The predicted octanol–water partition coefficient (Wildman–Crippen LogP) is 1.92. The highest BCUT2D eigenvalue weighted by Gasteiger charge is 2.16. The Bertz CT molecular complexity index is 418. The van der Waals surface area contributed by atoms with E-state index >= 15 is 0 Å². The van der Waals surface area contributed by atoms with Gasteiger partial charge in [-0.2, -0.15) is 5.26 Å². The summed E-state index contributed by atoms with van der Waals surface area (Å²) in [5, 5.41) is 12.4. The third kappa shape index (κ3) is 3.21. The van der Waals surface area contributed by atoms with Gasteiger partial charge in [0.15, 0.2) is 0 Å². The summed E-state index contributed by atoms with van der Waals surface area (Å²) in [6, 6.07) is 8.27. The molecule has 1 aromatic heterocycles. The van der Waals surface area contributed by atoms with Crippen molar-refractivity contribution < 1.29 is 0 Å². The van der Waals surface area contributed by atoms with Crippen molar-refractivity contribution in [1.82, 2.24) is 10.3 Å². The molecule has 2 rings (SSSR count). The van der Waals surface area contributed by atoms with Crippen LogP contribution in [0, 0.1) is 11.3 Å². The van der Waals surface area contributed by atoms with Crippen molar-refractivity contribution in [2.45, 2.75) is 32.2 Å². The lowest BCUT2D eigenvalue weighted by Crippen LogP contribution is -2.44. The summed E-state index contributed by atoms with van der Waals surface area (Å²) in [6.07, 6.45) is 3.82. The van der Waals surface area contributed by atoms with Crippen molar-refractivity contribution in [2.24, 2.45) is 0 Å². The van der Waals surface area contributed by atoms with Gasteiger partial charge in [-0.3, -0.25) is 0 Å². The van der Waals surface area contributed by atoms with E-state index in [0.29, 0.717) is 11.7 Å². The summed E-state index contributed by atoms with van der Waals surface area (Å²) in [7, 11) is 0. The Hall–Kier alpha value is -1.60. The molecule has 0 spiro atoms. The van der Waals surface area contributed by atoms with Crippen LogP contribution in [-0.2, 0) is 0 Å². The van der Waals surface area contributed by atoms with Crippen molar-refractivity contribution in [1.29, 1.82) is 5.26 Å². The normalized spacial score (nSPS) is 19.2. The van der Waals surface area contributed by atoms with Crippen molar-refractivity contribution in [3.05, 3.63) is 23.9 Å². The molecule has 0 amide bonds. The molecule has 0 aromatic carbocycles. The molecule has 1 saturated heterocycles. The van der Waals surface area contributed by atoms with Gasteiger partial charge in [-0.1, -0.05) is 12.5 Å². The number of nitrogens with zero attached hydrogens (tertiary/aromatic N) is 3. The van der Waals surface area contributed by atoms with E-state index in [9.17, 15) is 0 Å². The minimum absolute atomic E-state index is 0.488. The first-order valence-electron chi connectivity index (χ1n) is 6.69. The number of hydrogen-bond acceptors (Lipinski definition) is 4. The molecule has 4 heteroatoms. The third-order valence-corrected chi connectivity index (χ3v) is 3.41. The smallest absolute Gasteiger partial charge is 0.142 e. The molecule has 18 heavy (non-hydrogen) atoms. The summed E-state index contributed by atoms with van der Waals surface area (Å²) in [5.41, 5.74) is 0.488. The lowest BCUT2D eigenvalue weighted by molar-refractivity contribution is 0.399. The van der Waals surface area contributed by atoms with E-state index < -0.39 is 0 Å².